The van der Waals surface area contributed by atoms with Crippen LogP contribution in [0.2, 0.25) is 0 Å². The molecule has 6 rings (SSSR count). The lowest BCUT2D eigenvalue weighted by Crippen LogP contribution is -2.43. The van der Waals surface area contributed by atoms with Crippen LogP contribution in [0.4, 0.5) is 11.5 Å². The Morgan fingerprint density at radius 2 is 1.89 bits per heavy atom. The second-order valence-electron chi connectivity index (χ2n) is 8.79. The van der Waals surface area contributed by atoms with Crippen molar-refractivity contribution in [3.8, 4) is 11.1 Å². The van der Waals surface area contributed by atoms with Gasteiger partial charge >= 0.3 is 0 Å². The van der Waals surface area contributed by atoms with Gasteiger partial charge in [-0.25, -0.2) is 9.97 Å². The van der Waals surface area contributed by atoms with E-state index in [0.717, 1.165) is 71.7 Å². The Morgan fingerprint density at radius 3 is 2.77 bits per heavy atom. The van der Waals surface area contributed by atoms with Gasteiger partial charge in [0.1, 0.15) is 11.5 Å². The molecular weight excluding hydrogens is 442 g/mol. The predicted octanol–water partition coefficient (Wildman–Crippen LogP) is 2.57. The third kappa shape index (κ3) is 4.10. The largest absolute Gasteiger partial charge is 0.354 e. The van der Waals surface area contributed by atoms with Crippen molar-refractivity contribution < 1.29 is 9.59 Å². The summed E-state index contributed by atoms with van der Waals surface area (Å²) in [4.78, 5) is 39.5. The Balaban J connectivity index is 1.27. The zero-order chi connectivity index (χ0) is 23.8. The lowest BCUT2D eigenvalue weighted by Gasteiger charge is -2.28. The van der Waals surface area contributed by atoms with Crippen LogP contribution >= 0.6 is 0 Å². The van der Waals surface area contributed by atoms with E-state index in [2.05, 4.69) is 41.9 Å². The standard InChI is InChI=1S/C26H25N7O2/c34-25(18-4-5-28-23(12-18)33-9-7-27-8-10-33)32-19-13-21-22(15-31-24(21)30-14-19)16-1-2-20-17(11-16)3-6-29-26(20)35/h1-2,4-5,11-15,27H,3,6-10H2,(H,29,35)(H,30,31)(H,32,34). The first-order valence-corrected chi connectivity index (χ1v) is 11.8. The third-order valence-electron chi connectivity index (χ3n) is 6.58. The molecule has 0 aliphatic carbocycles. The van der Waals surface area contributed by atoms with Crippen molar-refractivity contribution in [2.45, 2.75) is 6.42 Å². The second-order valence-corrected chi connectivity index (χ2v) is 8.79. The highest BCUT2D eigenvalue weighted by atomic mass is 16.2. The Kier molecular flexibility index (Phi) is 5.38. The molecule has 9 nitrogen and oxygen atoms in total. The summed E-state index contributed by atoms with van der Waals surface area (Å²) in [5.41, 5.74) is 5.64. The highest BCUT2D eigenvalue weighted by Gasteiger charge is 2.19. The van der Waals surface area contributed by atoms with Crippen molar-refractivity contribution in [2.24, 2.45) is 0 Å². The zero-order valence-electron chi connectivity index (χ0n) is 19.1. The molecule has 4 aromatic rings. The van der Waals surface area contributed by atoms with E-state index in [9.17, 15) is 9.59 Å². The molecule has 1 aromatic carbocycles. The number of anilines is 2. The molecule has 1 saturated heterocycles. The van der Waals surface area contributed by atoms with Gasteiger partial charge in [-0.15, -0.1) is 0 Å². The number of H-pyrrole nitrogens is 1. The molecular formula is C26H25N7O2. The Hall–Kier alpha value is -4.24. The number of hydrogen-bond donors (Lipinski definition) is 4. The van der Waals surface area contributed by atoms with Crippen molar-refractivity contribution in [2.75, 3.05) is 42.9 Å². The van der Waals surface area contributed by atoms with Crippen LogP contribution in [-0.4, -0.2) is 59.5 Å². The van der Waals surface area contributed by atoms with Gasteiger partial charge in [0.25, 0.3) is 11.8 Å². The van der Waals surface area contributed by atoms with Gasteiger partial charge in [-0.2, -0.15) is 0 Å². The molecule has 2 amide bonds. The SMILES string of the molecule is O=C(Nc1cnc2[nH]cc(-c3ccc4c(c3)CCNC4=O)c2c1)c1ccnc(N2CCNCC2)c1. The van der Waals surface area contributed by atoms with Gasteiger partial charge in [0.15, 0.2) is 0 Å². The van der Waals surface area contributed by atoms with Gasteiger partial charge in [0, 0.05) is 67.2 Å². The molecule has 0 bridgehead atoms. The minimum atomic E-state index is -0.207. The minimum Gasteiger partial charge on any atom is -0.354 e. The van der Waals surface area contributed by atoms with E-state index in [-0.39, 0.29) is 11.8 Å². The quantitative estimate of drug-likeness (QED) is 0.367. The van der Waals surface area contributed by atoms with Crippen LogP contribution in [0.1, 0.15) is 26.3 Å². The molecule has 0 radical (unpaired) electrons. The first kappa shape index (κ1) is 21.3. The molecule has 0 atom stereocenters. The summed E-state index contributed by atoms with van der Waals surface area (Å²) in [6, 6.07) is 11.4. The molecule has 0 spiro atoms. The van der Waals surface area contributed by atoms with Crippen molar-refractivity contribution in [3.05, 3.63) is 71.7 Å². The number of amides is 2. The van der Waals surface area contributed by atoms with Gasteiger partial charge < -0.3 is 25.8 Å². The Labute approximate surface area is 202 Å². The van der Waals surface area contributed by atoms with Crippen LogP contribution in [0.3, 0.4) is 0 Å². The second kappa shape index (κ2) is 8.84. The van der Waals surface area contributed by atoms with E-state index in [0.29, 0.717) is 17.8 Å². The number of aromatic amines is 1. The smallest absolute Gasteiger partial charge is 0.255 e. The van der Waals surface area contributed by atoms with E-state index in [1.165, 1.54) is 0 Å². The number of pyridine rings is 2. The molecule has 0 saturated carbocycles. The first-order chi connectivity index (χ1) is 17.2. The molecule has 2 aliphatic rings. The molecule has 3 aromatic heterocycles. The predicted molar refractivity (Wildman–Crippen MR) is 135 cm³/mol. The highest BCUT2D eigenvalue weighted by Crippen LogP contribution is 2.31. The minimum absolute atomic E-state index is 0.0281. The number of aromatic nitrogens is 3. The first-order valence-electron chi connectivity index (χ1n) is 11.8. The molecule has 176 valence electrons. The van der Waals surface area contributed by atoms with Gasteiger partial charge in [0.05, 0.1) is 11.9 Å². The number of carbonyl (C=O) groups is 2. The van der Waals surface area contributed by atoms with Gasteiger partial charge in [-0.05, 0) is 41.8 Å². The molecule has 35 heavy (non-hydrogen) atoms. The van der Waals surface area contributed by atoms with E-state index >= 15 is 0 Å². The maximum absolute atomic E-state index is 13.0. The lowest BCUT2D eigenvalue weighted by molar-refractivity contribution is 0.0945. The maximum Gasteiger partial charge on any atom is 0.255 e. The summed E-state index contributed by atoms with van der Waals surface area (Å²) in [6.07, 6.45) is 6.04. The topological polar surface area (TPSA) is 115 Å². The van der Waals surface area contributed by atoms with Gasteiger partial charge in [0.2, 0.25) is 0 Å². The molecule has 5 heterocycles. The summed E-state index contributed by atoms with van der Waals surface area (Å²) in [5, 5.41) is 10.1. The van der Waals surface area contributed by atoms with Crippen LogP contribution < -0.4 is 20.9 Å². The number of piperazine rings is 1. The van der Waals surface area contributed by atoms with E-state index in [4.69, 9.17) is 0 Å². The molecule has 0 unspecified atom stereocenters. The van der Waals surface area contributed by atoms with Crippen LogP contribution in [0, 0.1) is 0 Å². The van der Waals surface area contributed by atoms with Crippen molar-refractivity contribution >= 4 is 34.4 Å². The van der Waals surface area contributed by atoms with Crippen LogP contribution in [0.5, 0.6) is 0 Å². The van der Waals surface area contributed by atoms with Crippen LogP contribution in [0.15, 0.2) is 55.0 Å². The summed E-state index contributed by atoms with van der Waals surface area (Å²) in [7, 11) is 0. The van der Waals surface area contributed by atoms with E-state index < -0.39 is 0 Å². The number of nitrogens with one attached hydrogen (secondary N) is 4. The molecule has 1 fully saturated rings. The van der Waals surface area contributed by atoms with E-state index in [1.807, 2.05) is 30.5 Å². The third-order valence-corrected chi connectivity index (χ3v) is 6.58. The zero-order valence-corrected chi connectivity index (χ0v) is 19.1. The van der Waals surface area contributed by atoms with Gasteiger partial charge in [-0.1, -0.05) is 12.1 Å². The Morgan fingerprint density at radius 1 is 1.00 bits per heavy atom. The molecule has 4 N–H and O–H groups in total. The summed E-state index contributed by atoms with van der Waals surface area (Å²) < 4.78 is 0. The van der Waals surface area contributed by atoms with Gasteiger partial charge in [-0.3, -0.25) is 9.59 Å². The normalized spacial score (nSPS) is 15.5. The summed E-state index contributed by atoms with van der Waals surface area (Å²) >= 11 is 0. The summed E-state index contributed by atoms with van der Waals surface area (Å²) in [5.74, 6) is 0.572. The number of rotatable bonds is 4. The fourth-order valence-electron chi connectivity index (χ4n) is 4.74. The monoisotopic (exact) mass is 467 g/mol. The van der Waals surface area contributed by atoms with E-state index in [1.54, 1.807) is 18.5 Å². The number of carbonyl (C=O) groups excluding carboxylic acids is 2. The highest BCUT2D eigenvalue weighted by molar-refractivity contribution is 6.06. The average molecular weight is 468 g/mol. The fraction of sp³-hybridized carbons (Fsp3) is 0.231. The number of hydrogen-bond acceptors (Lipinski definition) is 6. The molecule has 9 heteroatoms. The van der Waals surface area contributed by atoms with Crippen molar-refractivity contribution in [1.29, 1.82) is 0 Å². The van der Waals surface area contributed by atoms with Crippen molar-refractivity contribution in [1.82, 2.24) is 25.6 Å². The number of nitrogens with zero attached hydrogens (tertiary/aromatic N) is 3. The lowest BCUT2D eigenvalue weighted by atomic mass is 9.95. The van der Waals surface area contributed by atoms with Crippen molar-refractivity contribution in [3.63, 3.8) is 0 Å². The number of benzene rings is 1. The van der Waals surface area contributed by atoms with Crippen LogP contribution in [-0.2, 0) is 6.42 Å². The maximum atomic E-state index is 13.0. The molecule has 2 aliphatic heterocycles. The fourth-order valence-corrected chi connectivity index (χ4v) is 4.74. The van der Waals surface area contributed by atoms with Crippen LogP contribution in [0.25, 0.3) is 22.2 Å². The number of fused-ring (bicyclic) bond motifs is 2. The Bertz CT molecular complexity index is 1440. The average Bonchev–Trinajstić information content (AvgIpc) is 3.32. The summed E-state index contributed by atoms with van der Waals surface area (Å²) in [6.45, 7) is 4.18.